The molecule has 0 spiro atoms. The van der Waals surface area contributed by atoms with E-state index < -0.39 is 0 Å². The average molecular weight is 300 g/mol. The molecule has 3 rings (SSSR count). The van der Waals surface area contributed by atoms with Crippen LogP contribution in [-0.2, 0) is 16.0 Å². The van der Waals surface area contributed by atoms with Crippen molar-refractivity contribution in [2.24, 2.45) is 5.92 Å². The highest BCUT2D eigenvalue weighted by Gasteiger charge is 2.29. The Morgan fingerprint density at radius 1 is 1.14 bits per heavy atom. The third kappa shape index (κ3) is 4.33. The maximum atomic E-state index is 12.3. The van der Waals surface area contributed by atoms with Gasteiger partial charge in [0.15, 0.2) is 0 Å². The minimum absolute atomic E-state index is 0.158. The number of amides is 2. The van der Waals surface area contributed by atoms with Gasteiger partial charge in [-0.05, 0) is 37.2 Å². The highest BCUT2D eigenvalue weighted by atomic mass is 16.2. The van der Waals surface area contributed by atoms with Gasteiger partial charge >= 0.3 is 0 Å². The fourth-order valence-corrected chi connectivity index (χ4v) is 3.06. The van der Waals surface area contributed by atoms with E-state index in [0.717, 1.165) is 38.8 Å². The molecule has 1 atom stereocenters. The van der Waals surface area contributed by atoms with E-state index in [1.165, 1.54) is 5.56 Å². The van der Waals surface area contributed by atoms with E-state index in [2.05, 4.69) is 17.4 Å². The molecule has 4 heteroatoms. The first-order valence-corrected chi connectivity index (χ1v) is 8.32. The van der Waals surface area contributed by atoms with Crippen molar-refractivity contribution in [1.82, 2.24) is 10.2 Å². The first-order chi connectivity index (χ1) is 10.7. The molecule has 0 bridgehead atoms. The molecule has 2 fully saturated rings. The van der Waals surface area contributed by atoms with Crippen LogP contribution < -0.4 is 5.32 Å². The SMILES string of the molecule is O=C(CC1CCN(C(=O)CCc2ccccc2)C1)NC1CC1. The van der Waals surface area contributed by atoms with Crippen LogP contribution in [0.2, 0.25) is 0 Å². The van der Waals surface area contributed by atoms with E-state index in [-0.39, 0.29) is 11.8 Å². The lowest BCUT2D eigenvalue weighted by Gasteiger charge is -2.16. The quantitative estimate of drug-likeness (QED) is 0.875. The van der Waals surface area contributed by atoms with Crippen LogP contribution >= 0.6 is 0 Å². The minimum atomic E-state index is 0.158. The molecule has 1 aliphatic heterocycles. The van der Waals surface area contributed by atoms with Gasteiger partial charge in [0.25, 0.3) is 0 Å². The van der Waals surface area contributed by atoms with Gasteiger partial charge in [0.05, 0.1) is 0 Å². The molecule has 1 aliphatic carbocycles. The van der Waals surface area contributed by atoms with Crippen molar-refractivity contribution >= 4 is 11.8 Å². The van der Waals surface area contributed by atoms with Gasteiger partial charge in [-0.15, -0.1) is 0 Å². The van der Waals surface area contributed by atoms with Gasteiger partial charge in [-0.1, -0.05) is 30.3 Å². The zero-order chi connectivity index (χ0) is 15.4. The Hall–Kier alpha value is -1.84. The van der Waals surface area contributed by atoms with Crippen LogP contribution in [0, 0.1) is 5.92 Å². The Morgan fingerprint density at radius 3 is 2.64 bits per heavy atom. The molecule has 0 radical (unpaired) electrons. The van der Waals surface area contributed by atoms with Crippen molar-refractivity contribution in [3.8, 4) is 0 Å². The summed E-state index contributed by atoms with van der Waals surface area (Å²) in [6, 6.07) is 10.5. The standard InChI is InChI=1S/C18H24N2O2/c21-17(19-16-7-8-16)12-15-10-11-20(13-15)18(22)9-6-14-4-2-1-3-5-14/h1-5,15-16H,6-13H2,(H,19,21). The molecule has 1 aromatic carbocycles. The number of nitrogens with one attached hydrogen (secondary N) is 1. The van der Waals surface area contributed by atoms with E-state index in [1.807, 2.05) is 23.1 Å². The smallest absolute Gasteiger partial charge is 0.222 e. The summed E-state index contributed by atoms with van der Waals surface area (Å²) in [7, 11) is 0. The summed E-state index contributed by atoms with van der Waals surface area (Å²) in [6.45, 7) is 1.54. The van der Waals surface area contributed by atoms with Crippen LogP contribution in [0.25, 0.3) is 0 Å². The van der Waals surface area contributed by atoms with Gasteiger partial charge in [-0.3, -0.25) is 9.59 Å². The number of hydrogen-bond acceptors (Lipinski definition) is 2. The number of carbonyl (C=O) groups is 2. The van der Waals surface area contributed by atoms with Crippen molar-refractivity contribution in [3.05, 3.63) is 35.9 Å². The maximum Gasteiger partial charge on any atom is 0.222 e. The zero-order valence-corrected chi connectivity index (χ0v) is 13.0. The average Bonchev–Trinajstić information content (AvgIpc) is 3.21. The van der Waals surface area contributed by atoms with Crippen LogP contribution in [0.15, 0.2) is 30.3 Å². The van der Waals surface area contributed by atoms with E-state index >= 15 is 0 Å². The number of hydrogen-bond donors (Lipinski definition) is 1. The molecule has 1 aromatic rings. The second-order valence-corrected chi connectivity index (χ2v) is 6.53. The lowest BCUT2D eigenvalue weighted by atomic mass is 10.0. The summed E-state index contributed by atoms with van der Waals surface area (Å²) in [5.74, 6) is 0.708. The van der Waals surface area contributed by atoms with Crippen molar-refractivity contribution in [2.45, 2.75) is 44.6 Å². The largest absolute Gasteiger partial charge is 0.353 e. The third-order valence-corrected chi connectivity index (χ3v) is 4.53. The Morgan fingerprint density at radius 2 is 1.91 bits per heavy atom. The molecule has 1 saturated carbocycles. The first-order valence-electron chi connectivity index (χ1n) is 8.32. The van der Waals surface area contributed by atoms with E-state index in [0.29, 0.717) is 24.8 Å². The second-order valence-electron chi connectivity index (χ2n) is 6.53. The lowest BCUT2D eigenvalue weighted by molar-refractivity contribution is -0.130. The van der Waals surface area contributed by atoms with Gasteiger partial charge in [0, 0.05) is 32.0 Å². The maximum absolute atomic E-state index is 12.3. The van der Waals surface area contributed by atoms with Crippen molar-refractivity contribution in [2.75, 3.05) is 13.1 Å². The summed E-state index contributed by atoms with van der Waals surface area (Å²) in [5, 5.41) is 3.03. The monoisotopic (exact) mass is 300 g/mol. The Balaban J connectivity index is 1.39. The molecule has 1 N–H and O–H groups in total. The predicted octanol–water partition coefficient (Wildman–Crippen LogP) is 2.14. The predicted molar refractivity (Wildman–Crippen MR) is 85.2 cm³/mol. The highest BCUT2D eigenvalue weighted by Crippen LogP contribution is 2.23. The minimum Gasteiger partial charge on any atom is -0.353 e. The van der Waals surface area contributed by atoms with Crippen molar-refractivity contribution in [3.63, 3.8) is 0 Å². The normalized spacial score (nSPS) is 20.9. The molecular formula is C18H24N2O2. The molecule has 1 saturated heterocycles. The topological polar surface area (TPSA) is 49.4 Å². The summed E-state index contributed by atoms with van der Waals surface area (Å²) in [5.41, 5.74) is 1.20. The first kappa shape index (κ1) is 15.1. The fraction of sp³-hybridized carbons (Fsp3) is 0.556. The number of aryl methyl sites for hydroxylation is 1. The summed E-state index contributed by atoms with van der Waals surface area (Å²) < 4.78 is 0. The number of carbonyl (C=O) groups excluding carboxylic acids is 2. The fourth-order valence-electron chi connectivity index (χ4n) is 3.06. The van der Waals surface area contributed by atoms with Crippen LogP contribution in [0.4, 0.5) is 0 Å². The molecule has 22 heavy (non-hydrogen) atoms. The lowest BCUT2D eigenvalue weighted by Crippen LogP contribution is -2.31. The summed E-state index contributed by atoms with van der Waals surface area (Å²) in [6.07, 6.45) is 5.13. The Labute approximate surface area is 131 Å². The van der Waals surface area contributed by atoms with Gasteiger partial charge in [0.2, 0.25) is 11.8 Å². The van der Waals surface area contributed by atoms with Crippen LogP contribution in [0.1, 0.15) is 37.7 Å². The van der Waals surface area contributed by atoms with E-state index in [9.17, 15) is 9.59 Å². The van der Waals surface area contributed by atoms with Crippen LogP contribution in [-0.4, -0.2) is 35.8 Å². The summed E-state index contributed by atoms with van der Waals surface area (Å²) >= 11 is 0. The molecular weight excluding hydrogens is 276 g/mol. The number of rotatable bonds is 6. The van der Waals surface area contributed by atoms with Gasteiger partial charge < -0.3 is 10.2 Å². The number of nitrogens with zero attached hydrogens (tertiary/aromatic N) is 1. The van der Waals surface area contributed by atoms with Gasteiger partial charge in [-0.2, -0.15) is 0 Å². The summed E-state index contributed by atoms with van der Waals surface area (Å²) in [4.78, 5) is 26.0. The van der Waals surface area contributed by atoms with Gasteiger partial charge in [0.1, 0.15) is 0 Å². The van der Waals surface area contributed by atoms with E-state index in [4.69, 9.17) is 0 Å². The molecule has 2 aliphatic rings. The van der Waals surface area contributed by atoms with Crippen molar-refractivity contribution < 1.29 is 9.59 Å². The Kier molecular flexibility index (Phi) is 4.76. The molecule has 0 aromatic heterocycles. The highest BCUT2D eigenvalue weighted by molar-refractivity contribution is 5.78. The number of likely N-dealkylation sites (tertiary alicyclic amines) is 1. The second kappa shape index (κ2) is 6.95. The van der Waals surface area contributed by atoms with Crippen molar-refractivity contribution in [1.29, 1.82) is 0 Å². The molecule has 1 heterocycles. The molecule has 118 valence electrons. The third-order valence-electron chi connectivity index (χ3n) is 4.53. The molecule has 2 amide bonds. The number of benzene rings is 1. The van der Waals surface area contributed by atoms with Gasteiger partial charge in [-0.25, -0.2) is 0 Å². The van der Waals surface area contributed by atoms with E-state index in [1.54, 1.807) is 0 Å². The zero-order valence-electron chi connectivity index (χ0n) is 13.0. The molecule has 4 nitrogen and oxygen atoms in total. The Bertz CT molecular complexity index is 525. The van der Waals surface area contributed by atoms with Crippen LogP contribution in [0.5, 0.6) is 0 Å². The van der Waals surface area contributed by atoms with Crippen LogP contribution in [0.3, 0.4) is 0 Å². The molecule has 1 unspecified atom stereocenters.